The minimum atomic E-state index is -0.593. The van der Waals surface area contributed by atoms with Gasteiger partial charge in [-0.25, -0.2) is 4.39 Å². The lowest BCUT2D eigenvalue weighted by molar-refractivity contribution is -0.116. The van der Waals surface area contributed by atoms with Gasteiger partial charge in [0, 0.05) is 29.9 Å². The van der Waals surface area contributed by atoms with E-state index in [1.54, 1.807) is 27.4 Å². The monoisotopic (exact) mass is 540 g/mol. The summed E-state index contributed by atoms with van der Waals surface area (Å²) in [7, 11) is 4.79. The average molecular weight is 541 g/mol. The minimum Gasteiger partial charge on any atom is -0.497 e. The van der Waals surface area contributed by atoms with E-state index in [2.05, 4.69) is 0 Å². The van der Waals surface area contributed by atoms with Crippen molar-refractivity contribution in [3.63, 3.8) is 0 Å². The highest BCUT2D eigenvalue weighted by Gasteiger charge is 2.40. The van der Waals surface area contributed by atoms with Crippen LogP contribution in [0, 0.1) is 5.82 Å². The van der Waals surface area contributed by atoms with Crippen LogP contribution in [0.5, 0.6) is 17.2 Å². The zero-order valence-electron chi connectivity index (χ0n) is 23.3. The third-order valence-electron chi connectivity index (χ3n) is 8.01. The number of carbonyl (C=O) groups is 2. The van der Waals surface area contributed by atoms with Gasteiger partial charge in [0.15, 0.2) is 23.1 Å². The lowest BCUT2D eigenvalue weighted by Gasteiger charge is -2.36. The largest absolute Gasteiger partial charge is 0.497 e. The number of halogens is 1. The van der Waals surface area contributed by atoms with Crippen LogP contribution in [-0.4, -0.2) is 32.9 Å². The van der Waals surface area contributed by atoms with Crippen LogP contribution in [0.15, 0.2) is 89.0 Å². The van der Waals surface area contributed by atoms with Gasteiger partial charge in [0.25, 0.3) is 0 Å². The zero-order valence-corrected chi connectivity index (χ0v) is 23.3. The molecule has 6 heteroatoms. The van der Waals surface area contributed by atoms with Crippen molar-refractivity contribution >= 4 is 11.6 Å². The molecule has 3 aromatic carbocycles. The molecule has 0 amide bonds. The molecule has 0 saturated carbocycles. The number of rotatable bonds is 8. The maximum Gasteiger partial charge on any atom is 0.164 e. The molecule has 0 heterocycles. The van der Waals surface area contributed by atoms with E-state index in [0.717, 1.165) is 22.3 Å². The number of ketones is 2. The van der Waals surface area contributed by atoms with Gasteiger partial charge in [0.05, 0.1) is 21.3 Å². The van der Waals surface area contributed by atoms with Crippen LogP contribution in [0.3, 0.4) is 0 Å². The number of carbonyl (C=O) groups excluding carboxylic acids is 2. The molecule has 206 valence electrons. The standard InChI is InChI=1S/C34H33FO5/c1-20-14-25-16-24(22-10-13-30(39-3)31(19-22)40-4)18-29(37)33(25)34(23-6-5-7-26(35)17-23)32(20)28(36)15-21-8-11-27(38-2)12-9-21/h5-13,17,19,24,34H,14-16,18H2,1-4H3. The summed E-state index contributed by atoms with van der Waals surface area (Å²) in [6.45, 7) is 1.96. The van der Waals surface area contributed by atoms with Crippen LogP contribution in [0.2, 0.25) is 0 Å². The summed E-state index contributed by atoms with van der Waals surface area (Å²) in [5.74, 6) is 0.903. The highest BCUT2D eigenvalue weighted by molar-refractivity contribution is 6.07. The highest BCUT2D eigenvalue weighted by Crippen LogP contribution is 2.49. The van der Waals surface area contributed by atoms with E-state index in [1.165, 1.54) is 12.1 Å². The Balaban J connectivity index is 1.53. The first-order valence-corrected chi connectivity index (χ1v) is 13.4. The second-order valence-electron chi connectivity index (χ2n) is 10.5. The zero-order chi connectivity index (χ0) is 28.4. The Morgan fingerprint density at radius 1 is 0.875 bits per heavy atom. The van der Waals surface area contributed by atoms with Crippen LogP contribution in [0.25, 0.3) is 0 Å². The molecule has 0 aliphatic heterocycles. The van der Waals surface area contributed by atoms with E-state index in [0.29, 0.717) is 53.2 Å². The Labute approximate surface area is 234 Å². The van der Waals surface area contributed by atoms with E-state index < -0.39 is 11.7 Å². The maximum absolute atomic E-state index is 14.5. The normalized spacial score (nSPS) is 18.9. The molecule has 2 aliphatic rings. The van der Waals surface area contributed by atoms with Crippen LogP contribution >= 0.6 is 0 Å². The van der Waals surface area contributed by atoms with E-state index in [-0.39, 0.29) is 23.9 Å². The molecule has 0 spiro atoms. The van der Waals surface area contributed by atoms with Gasteiger partial charge < -0.3 is 14.2 Å². The Morgan fingerprint density at radius 3 is 2.30 bits per heavy atom. The number of benzene rings is 3. The van der Waals surface area contributed by atoms with Gasteiger partial charge in [-0.05, 0) is 78.8 Å². The van der Waals surface area contributed by atoms with Gasteiger partial charge in [-0.2, -0.15) is 0 Å². The van der Waals surface area contributed by atoms with E-state index in [4.69, 9.17) is 14.2 Å². The second-order valence-corrected chi connectivity index (χ2v) is 10.5. The van der Waals surface area contributed by atoms with Gasteiger partial charge in [-0.1, -0.05) is 41.5 Å². The quantitative estimate of drug-likeness (QED) is 0.311. The van der Waals surface area contributed by atoms with E-state index in [1.807, 2.05) is 55.5 Å². The molecular weight excluding hydrogens is 507 g/mol. The van der Waals surface area contributed by atoms with Crippen molar-refractivity contribution in [3.8, 4) is 17.2 Å². The molecule has 2 aliphatic carbocycles. The predicted molar refractivity (Wildman–Crippen MR) is 152 cm³/mol. The molecule has 40 heavy (non-hydrogen) atoms. The fourth-order valence-electron chi connectivity index (χ4n) is 6.13. The molecule has 5 rings (SSSR count). The van der Waals surface area contributed by atoms with Crippen LogP contribution < -0.4 is 14.2 Å². The third-order valence-corrected chi connectivity index (χ3v) is 8.01. The van der Waals surface area contributed by atoms with Crippen LogP contribution in [-0.2, 0) is 16.0 Å². The summed E-state index contributed by atoms with van der Waals surface area (Å²) in [6.07, 6.45) is 1.71. The number of methoxy groups -OCH3 is 3. The summed E-state index contributed by atoms with van der Waals surface area (Å²) in [4.78, 5) is 27.8. The first-order valence-electron chi connectivity index (χ1n) is 13.4. The highest BCUT2D eigenvalue weighted by atomic mass is 19.1. The first kappa shape index (κ1) is 27.4. The second kappa shape index (κ2) is 11.5. The molecule has 0 bridgehead atoms. The van der Waals surface area contributed by atoms with Crippen molar-refractivity contribution in [2.24, 2.45) is 0 Å². The summed E-state index contributed by atoms with van der Waals surface area (Å²) < 4.78 is 30.6. The first-order chi connectivity index (χ1) is 19.3. The molecule has 5 nitrogen and oxygen atoms in total. The molecule has 0 N–H and O–H groups in total. The van der Waals surface area contributed by atoms with Crippen molar-refractivity contribution < 1.29 is 28.2 Å². The Bertz CT molecular complexity index is 1520. The smallest absolute Gasteiger partial charge is 0.164 e. The van der Waals surface area contributed by atoms with E-state index in [9.17, 15) is 14.0 Å². The molecule has 0 aromatic heterocycles. The van der Waals surface area contributed by atoms with Crippen LogP contribution in [0.4, 0.5) is 4.39 Å². The Kier molecular flexibility index (Phi) is 7.88. The molecular formula is C34H33FO5. The van der Waals surface area contributed by atoms with Crippen molar-refractivity contribution in [1.82, 2.24) is 0 Å². The van der Waals surface area contributed by atoms with Crippen molar-refractivity contribution in [1.29, 1.82) is 0 Å². The van der Waals surface area contributed by atoms with Gasteiger partial charge in [0.1, 0.15) is 11.6 Å². The molecule has 2 unspecified atom stereocenters. The van der Waals surface area contributed by atoms with Gasteiger partial charge in [0.2, 0.25) is 0 Å². The Hall–Kier alpha value is -4.19. The summed E-state index contributed by atoms with van der Waals surface area (Å²) in [6, 6.07) is 19.4. The molecule has 0 radical (unpaired) electrons. The number of Topliss-reactive ketones (excluding diaryl/α,β-unsaturated/α-hetero) is 2. The van der Waals surface area contributed by atoms with Gasteiger partial charge in [-0.3, -0.25) is 9.59 Å². The summed E-state index contributed by atoms with van der Waals surface area (Å²) in [5.41, 5.74) is 5.66. The third kappa shape index (κ3) is 5.31. The van der Waals surface area contributed by atoms with Crippen molar-refractivity contribution in [2.75, 3.05) is 21.3 Å². The molecule has 0 saturated heterocycles. The fraction of sp³-hybridized carbons (Fsp3) is 0.294. The van der Waals surface area contributed by atoms with E-state index >= 15 is 0 Å². The number of allylic oxidation sites excluding steroid dienone is 4. The maximum atomic E-state index is 14.5. The average Bonchev–Trinajstić information content (AvgIpc) is 2.96. The minimum absolute atomic E-state index is 0.00227. The van der Waals surface area contributed by atoms with Gasteiger partial charge in [-0.15, -0.1) is 0 Å². The van der Waals surface area contributed by atoms with Crippen LogP contribution in [0.1, 0.15) is 54.7 Å². The number of hydrogen-bond donors (Lipinski definition) is 0. The van der Waals surface area contributed by atoms with Crippen molar-refractivity contribution in [3.05, 3.63) is 112 Å². The molecule has 2 atom stereocenters. The lowest BCUT2D eigenvalue weighted by atomic mass is 9.66. The number of ether oxygens (including phenoxy) is 3. The predicted octanol–water partition coefficient (Wildman–Crippen LogP) is 6.91. The SMILES string of the molecule is COc1ccc(CC(=O)C2=C(C)CC3=C(C(=O)CC(c4ccc(OC)c(OC)c4)C3)C2c2cccc(F)c2)cc1. The summed E-state index contributed by atoms with van der Waals surface area (Å²) in [5, 5.41) is 0. The molecule has 0 fully saturated rings. The van der Waals surface area contributed by atoms with Crippen molar-refractivity contribution in [2.45, 2.75) is 44.4 Å². The fourth-order valence-corrected chi connectivity index (χ4v) is 6.13. The topological polar surface area (TPSA) is 61.8 Å². The van der Waals surface area contributed by atoms with Gasteiger partial charge >= 0.3 is 0 Å². The Morgan fingerprint density at radius 2 is 1.62 bits per heavy atom. The molecule has 3 aromatic rings. The lowest BCUT2D eigenvalue weighted by Crippen LogP contribution is -2.30. The number of hydrogen-bond acceptors (Lipinski definition) is 5. The summed E-state index contributed by atoms with van der Waals surface area (Å²) >= 11 is 0.